The molecule has 0 nitrogen and oxygen atoms in total. The maximum absolute atomic E-state index is 3.33. The number of hydrogen-bond donors (Lipinski definition) is 0. The molecule has 0 atom stereocenters. The van der Waals surface area contributed by atoms with E-state index in [1.54, 1.807) is 24.2 Å². The molecule has 36 heavy (non-hydrogen) atoms. The number of rotatable bonds is 0. The molecule has 0 unspecified atom stereocenters. The molecule has 0 heterocycles. The third-order valence-corrected chi connectivity index (χ3v) is 6.20. The van der Waals surface area contributed by atoms with Gasteiger partial charge in [0.1, 0.15) is 0 Å². The predicted molar refractivity (Wildman–Crippen MR) is 142 cm³/mol. The van der Waals surface area contributed by atoms with Crippen molar-refractivity contribution in [1.82, 2.24) is 0 Å². The first kappa shape index (κ1) is 28.3. The molecule has 0 fully saturated rings. The van der Waals surface area contributed by atoms with Crippen molar-refractivity contribution in [2.75, 3.05) is 0 Å². The van der Waals surface area contributed by atoms with Crippen LogP contribution in [0.15, 0.2) is 97.1 Å². The van der Waals surface area contributed by atoms with Crippen molar-refractivity contribution < 1.29 is 49.0 Å². The first-order valence-electron chi connectivity index (χ1n) is 11.7. The van der Waals surface area contributed by atoms with Crippen LogP contribution in [-0.2, 0) is 37.1 Å². The molecule has 3 heteroatoms. The van der Waals surface area contributed by atoms with E-state index in [4.69, 9.17) is 0 Å². The Bertz CT molecular complexity index is 1500. The van der Waals surface area contributed by atoms with E-state index in [1.165, 1.54) is 58.1 Å². The number of allylic oxidation sites excluding steroid dienone is 1. The van der Waals surface area contributed by atoms with Crippen molar-refractivity contribution in [2.24, 2.45) is 0 Å². The molecule has 0 radical (unpaired) electrons. The summed E-state index contributed by atoms with van der Waals surface area (Å²) >= 11 is 1.55. The molecule has 0 bridgehead atoms. The molecule has 2 aliphatic rings. The third-order valence-electron chi connectivity index (χ3n) is 6.20. The molecule has 5 aromatic rings. The average Bonchev–Trinajstić information content (AvgIpc) is 3.48. The molecular formula is C33H26Cl2Zr-2. The van der Waals surface area contributed by atoms with E-state index in [1.807, 2.05) is 6.07 Å². The summed E-state index contributed by atoms with van der Waals surface area (Å²) in [5, 5.41) is 5.42. The van der Waals surface area contributed by atoms with Gasteiger partial charge < -0.3 is 24.8 Å². The number of fused-ring (bicyclic) bond motifs is 8. The van der Waals surface area contributed by atoms with E-state index in [-0.39, 0.29) is 24.8 Å². The molecule has 2 aliphatic carbocycles. The molecule has 0 amide bonds. The van der Waals surface area contributed by atoms with Gasteiger partial charge in [0.2, 0.25) is 0 Å². The minimum Gasteiger partial charge on any atom is -1.00 e. The van der Waals surface area contributed by atoms with Gasteiger partial charge in [0.15, 0.2) is 0 Å². The predicted octanol–water partition coefficient (Wildman–Crippen LogP) is 2.07. The van der Waals surface area contributed by atoms with Crippen LogP contribution in [0.5, 0.6) is 0 Å². The molecule has 0 saturated heterocycles. The maximum Gasteiger partial charge on any atom is -0.0188 e. The summed E-state index contributed by atoms with van der Waals surface area (Å²) < 4.78 is 1.51. The SMILES string of the molecule is C[C](C)=[Zr+2].[C-]1=CCc2c1ccc1ccc3ccccc3c21.[Cl-].[Cl-].[c-]1cccc2c1Cc1ccccc1-2. The van der Waals surface area contributed by atoms with Crippen molar-refractivity contribution in [3.63, 3.8) is 0 Å². The first-order valence-corrected chi connectivity index (χ1v) is 13.0. The Morgan fingerprint density at radius 2 is 1.42 bits per heavy atom. The Kier molecular flexibility index (Phi) is 10.0. The van der Waals surface area contributed by atoms with Gasteiger partial charge in [-0.1, -0.05) is 83.6 Å². The molecule has 5 aromatic carbocycles. The molecule has 0 saturated carbocycles. The van der Waals surface area contributed by atoms with E-state index in [2.05, 4.69) is 117 Å². The number of halogens is 2. The van der Waals surface area contributed by atoms with Crippen LogP contribution >= 0.6 is 0 Å². The summed E-state index contributed by atoms with van der Waals surface area (Å²) in [6.07, 6.45) is 7.53. The fourth-order valence-corrected chi connectivity index (χ4v) is 4.78. The Labute approximate surface area is 241 Å². The van der Waals surface area contributed by atoms with Crippen molar-refractivity contribution in [1.29, 1.82) is 0 Å². The van der Waals surface area contributed by atoms with Crippen LogP contribution in [-0.4, -0.2) is 3.21 Å². The average molecular weight is 585 g/mol. The molecule has 0 N–H and O–H groups in total. The van der Waals surface area contributed by atoms with Crippen LogP contribution in [0.3, 0.4) is 0 Å². The molecule has 0 aliphatic heterocycles. The van der Waals surface area contributed by atoms with Crippen molar-refractivity contribution in [3.05, 3.63) is 131 Å². The van der Waals surface area contributed by atoms with Crippen molar-refractivity contribution in [2.45, 2.75) is 26.7 Å². The van der Waals surface area contributed by atoms with Gasteiger partial charge in [-0.2, -0.15) is 53.6 Å². The van der Waals surface area contributed by atoms with Gasteiger partial charge in [-0.25, -0.2) is 0 Å². The minimum atomic E-state index is 0. The summed E-state index contributed by atoms with van der Waals surface area (Å²) in [6.45, 7) is 4.25. The van der Waals surface area contributed by atoms with E-state index < -0.39 is 0 Å². The number of benzene rings is 5. The summed E-state index contributed by atoms with van der Waals surface area (Å²) in [5.41, 5.74) is 8.20. The van der Waals surface area contributed by atoms with Crippen LogP contribution < -0.4 is 24.8 Å². The van der Waals surface area contributed by atoms with Crippen LogP contribution in [0.2, 0.25) is 0 Å². The van der Waals surface area contributed by atoms with Gasteiger partial charge in [-0.05, 0) is 22.6 Å². The quantitative estimate of drug-likeness (QED) is 0.190. The summed E-state index contributed by atoms with van der Waals surface area (Å²) in [6, 6.07) is 35.5. The fraction of sp³-hybridized carbons (Fsp3) is 0.121. The largest absolute Gasteiger partial charge is 1.00 e. The van der Waals surface area contributed by atoms with Crippen molar-refractivity contribution >= 4 is 24.8 Å². The molecule has 0 spiro atoms. The van der Waals surface area contributed by atoms with Crippen molar-refractivity contribution in [3.8, 4) is 11.1 Å². The minimum absolute atomic E-state index is 0. The zero-order valence-electron chi connectivity index (χ0n) is 20.4. The summed E-state index contributed by atoms with van der Waals surface area (Å²) in [5.74, 6) is 0. The Morgan fingerprint density at radius 3 is 2.25 bits per heavy atom. The van der Waals surface area contributed by atoms with E-state index in [0.29, 0.717) is 0 Å². The van der Waals surface area contributed by atoms with Gasteiger partial charge >= 0.3 is 41.3 Å². The Hall–Kier alpha value is -2.31. The van der Waals surface area contributed by atoms with Crippen LogP contribution in [0.1, 0.15) is 36.1 Å². The van der Waals surface area contributed by atoms with Gasteiger partial charge in [-0.3, -0.25) is 0 Å². The first-order chi connectivity index (χ1) is 16.6. The monoisotopic (exact) mass is 582 g/mol. The fourth-order valence-electron chi connectivity index (χ4n) is 4.78. The van der Waals surface area contributed by atoms with Gasteiger partial charge in [0.05, 0.1) is 0 Å². The molecule has 178 valence electrons. The molecule has 0 aromatic heterocycles. The van der Waals surface area contributed by atoms with Gasteiger partial charge in [0, 0.05) is 0 Å². The second kappa shape index (κ2) is 12.8. The molecular weight excluding hydrogens is 558 g/mol. The maximum atomic E-state index is 3.33. The van der Waals surface area contributed by atoms with E-state index in [0.717, 1.165) is 12.8 Å². The van der Waals surface area contributed by atoms with E-state index in [9.17, 15) is 0 Å². The zero-order chi connectivity index (χ0) is 23.5. The topological polar surface area (TPSA) is 0 Å². The van der Waals surface area contributed by atoms with Gasteiger partial charge in [-0.15, -0.1) is 17.2 Å². The van der Waals surface area contributed by atoms with Crippen LogP contribution in [0, 0.1) is 12.1 Å². The second-order valence-electron chi connectivity index (χ2n) is 8.93. The third kappa shape index (κ3) is 5.97. The van der Waals surface area contributed by atoms with E-state index >= 15 is 0 Å². The standard InChI is InChI=1S/C17H11.C13H9.C3H6.2ClH.Zr/c1-2-6-15-12(4-1)8-10-14-11-9-13-5-3-7-16(13)17(14)15;1-3-7-12-10(5-1)9-11-6-2-4-8-13(11)12;1-3-2;;;/h1-4,6,8-11H,7H2;1-5,7-8H,9H2;1-2H3;2*1H;/q2*-1;;;;+2/p-2. The van der Waals surface area contributed by atoms with Crippen LogP contribution in [0.25, 0.3) is 32.7 Å². The Balaban J connectivity index is 0.000000171. The second-order valence-corrected chi connectivity index (χ2v) is 11.4. The molecule has 7 rings (SSSR count). The van der Waals surface area contributed by atoms with Gasteiger partial charge in [0.25, 0.3) is 0 Å². The zero-order valence-corrected chi connectivity index (χ0v) is 24.4. The summed E-state index contributed by atoms with van der Waals surface area (Å²) in [4.78, 5) is 0. The summed E-state index contributed by atoms with van der Waals surface area (Å²) in [7, 11) is 0. The van der Waals surface area contributed by atoms with Crippen LogP contribution in [0.4, 0.5) is 0 Å². The normalized spacial score (nSPS) is 11.6. The smallest absolute Gasteiger partial charge is 0.0188 e. The Morgan fingerprint density at radius 1 is 0.750 bits per heavy atom. The number of hydrogen-bond acceptors (Lipinski definition) is 0.